The minimum Gasteiger partial charge on any atom is -0.314 e. The highest BCUT2D eigenvalue weighted by atomic mass is 32.2. The Labute approximate surface area is 136 Å². The highest BCUT2D eigenvalue weighted by Crippen LogP contribution is 2.38. The van der Waals surface area contributed by atoms with E-state index in [1.165, 1.54) is 70.5 Å². The Morgan fingerprint density at radius 1 is 1.10 bits per heavy atom. The van der Waals surface area contributed by atoms with E-state index in [0.29, 0.717) is 16.2 Å². The van der Waals surface area contributed by atoms with E-state index in [2.05, 4.69) is 49.7 Å². The fourth-order valence-electron chi connectivity index (χ4n) is 4.01. The van der Waals surface area contributed by atoms with E-state index >= 15 is 0 Å². The average Bonchev–Trinajstić information content (AvgIpc) is 2.61. The molecule has 0 aromatic heterocycles. The molecule has 3 heteroatoms. The summed E-state index contributed by atoms with van der Waals surface area (Å²) in [5, 5.41) is 3.76. The van der Waals surface area contributed by atoms with Crippen molar-refractivity contribution in [1.29, 1.82) is 0 Å². The number of nitrogens with zero attached hydrogens (tertiary/aromatic N) is 1. The standard InChI is InChI=1S/C18H36N2S/c1-16(2)19-13-18(9-7-5-6-8-10-18)15-20-11-12-21-17(3,4)14-20/h16,19H,5-15H2,1-4H3. The topological polar surface area (TPSA) is 15.3 Å². The fourth-order valence-corrected chi connectivity index (χ4v) is 5.19. The maximum atomic E-state index is 3.76. The van der Waals surface area contributed by atoms with Crippen LogP contribution in [0.5, 0.6) is 0 Å². The lowest BCUT2D eigenvalue weighted by Crippen LogP contribution is -2.51. The van der Waals surface area contributed by atoms with Gasteiger partial charge in [-0.3, -0.25) is 0 Å². The first-order valence-corrected chi connectivity index (χ1v) is 9.99. The minimum absolute atomic E-state index is 0.440. The highest BCUT2D eigenvalue weighted by molar-refractivity contribution is 8.00. The summed E-state index contributed by atoms with van der Waals surface area (Å²) in [5.41, 5.74) is 0.527. The van der Waals surface area contributed by atoms with E-state index in [1.807, 2.05) is 0 Å². The van der Waals surface area contributed by atoms with Crippen LogP contribution >= 0.6 is 11.8 Å². The molecule has 0 aromatic rings. The van der Waals surface area contributed by atoms with Crippen LogP contribution in [0.3, 0.4) is 0 Å². The Balaban J connectivity index is 2.00. The van der Waals surface area contributed by atoms with Crippen LogP contribution in [-0.2, 0) is 0 Å². The molecular formula is C18H36N2S. The van der Waals surface area contributed by atoms with E-state index in [-0.39, 0.29) is 0 Å². The zero-order valence-electron chi connectivity index (χ0n) is 14.7. The summed E-state index contributed by atoms with van der Waals surface area (Å²) >= 11 is 2.15. The Hall–Kier alpha value is 0.270. The second-order valence-electron chi connectivity index (χ2n) is 8.27. The molecule has 1 N–H and O–H groups in total. The molecule has 0 aromatic carbocycles. The number of thioether (sulfide) groups is 1. The van der Waals surface area contributed by atoms with Gasteiger partial charge in [-0.25, -0.2) is 0 Å². The highest BCUT2D eigenvalue weighted by Gasteiger charge is 2.36. The van der Waals surface area contributed by atoms with Crippen molar-refractivity contribution < 1.29 is 0 Å². The Kier molecular flexibility index (Phi) is 6.46. The Morgan fingerprint density at radius 2 is 1.76 bits per heavy atom. The molecule has 2 fully saturated rings. The largest absolute Gasteiger partial charge is 0.314 e. The molecule has 2 aliphatic rings. The lowest BCUT2D eigenvalue weighted by molar-refractivity contribution is 0.120. The maximum Gasteiger partial charge on any atom is 0.0231 e. The number of hydrogen-bond acceptors (Lipinski definition) is 3. The molecule has 21 heavy (non-hydrogen) atoms. The van der Waals surface area contributed by atoms with E-state index in [0.717, 1.165) is 0 Å². The Morgan fingerprint density at radius 3 is 2.33 bits per heavy atom. The molecule has 0 atom stereocenters. The smallest absolute Gasteiger partial charge is 0.0231 e. The third-order valence-electron chi connectivity index (χ3n) is 5.11. The molecule has 1 heterocycles. The third kappa shape index (κ3) is 5.76. The van der Waals surface area contributed by atoms with Gasteiger partial charge in [-0.15, -0.1) is 0 Å². The van der Waals surface area contributed by atoms with E-state index in [9.17, 15) is 0 Å². The van der Waals surface area contributed by atoms with Crippen molar-refractivity contribution in [2.75, 3.05) is 31.9 Å². The monoisotopic (exact) mass is 312 g/mol. The number of rotatable bonds is 5. The predicted molar refractivity (Wildman–Crippen MR) is 96.3 cm³/mol. The zero-order valence-corrected chi connectivity index (χ0v) is 15.5. The van der Waals surface area contributed by atoms with Crippen LogP contribution in [0.4, 0.5) is 0 Å². The molecule has 0 radical (unpaired) electrons. The zero-order chi connectivity index (χ0) is 15.3. The molecule has 1 aliphatic heterocycles. The number of nitrogens with one attached hydrogen (secondary N) is 1. The van der Waals surface area contributed by atoms with Gasteiger partial charge in [0, 0.05) is 42.7 Å². The molecule has 1 saturated carbocycles. The van der Waals surface area contributed by atoms with Crippen LogP contribution in [0.25, 0.3) is 0 Å². The third-order valence-corrected chi connectivity index (χ3v) is 6.41. The molecule has 1 saturated heterocycles. The van der Waals surface area contributed by atoms with Crippen molar-refractivity contribution in [2.45, 2.75) is 77.0 Å². The second kappa shape index (κ2) is 7.70. The maximum absolute atomic E-state index is 3.76. The van der Waals surface area contributed by atoms with Crippen molar-refractivity contribution >= 4 is 11.8 Å². The normalized spacial score (nSPS) is 26.7. The first-order valence-electron chi connectivity index (χ1n) is 9.01. The predicted octanol–water partition coefficient (Wildman–Crippen LogP) is 4.15. The summed E-state index contributed by atoms with van der Waals surface area (Å²) in [6.07, 6.45) is 8.63. The molecular weight excluding hydrogens is 276 g/mol. The van der Waals surface area contributed by atoms with Crippen LogP contribution in [0.15, 0.2) is 0 Å². The van der Waals surface area contributed by atoms with Crippen LogP contribution < -0.4 is 5.32 Å². The lowest BCUT2D eigenvalue weighted by Gasteiger charge is -2.44. The van der Waals surface area contributed by atoms with Crippen molar-refractivity contribution in [3.63, 3.8) is 0 Å². The first kappa shape index (κ1) is 17.6. The average molecular weight is 313 g/mol. The van der Waals surface area contributed by atoms with Crippen LogP contribution in [0, 0.1) is 5.41 Å². The van der Waals surface area contributed by atoms with Crippen LogP contribution in [-0.4, -0.2) is 47.6 Å². The van der Waals surface area contributed by atoms with Crippen molar-refractivity contribution in [3.8, 4) is 0 Å². The second-order valence-corrected chi connectivity index (χ2v) is 10.1. The fraction of sp³-hybridized carbons (Fsp3) is 1.00. The SMILES string of the molecule is CC(C)NCC1(CN2CCSC(C)(C)C2)CCCCCC1. The van der Waals surface area contributed by atoms with E-state index in [1.54, 1.807) is 0 Å². The van der Waals surface area contributed by atoms with E-state index < -0.39 is 0 Å². The molecule has 1 aliphatic carbocycles. The van der Waals surface area contributed by atoms with Crippen LogP contribution in [0.1, 0.15) is 66.2 Å². The summed E-state index contributed by atoms with van der Waals surface area (Å²) in [4.78, 5) is 2.77. The van der Waals surface area contributed by atoms with Gasteiger partial charge in [0.2, 0.25) is 0 Å². The quantitative estimate of drug-likeness (QED) is 0.768. The van der Waals surface area contributed by atoms with Crippen LogP contribution in [0.2, 0.25) is 0 Å². The molecule has 2 nitrogen and oxygen atoms in total. The molecule has 0 spiro atoms. The van der Waals surface area contributed by atoms with Gasteiger partial charge >= 0.3 is 0 Å². The summed E-state index contributed by atoms with van der Waals surface area (Å²) < 4.78 is 0.440. The van der Waals surface area contributed by atoms with E-state index in [4.69, 9.17) is 0 Å². The Bertz CT molecular complexity index is 306. The summed E-state index contributed by atoms with van der Waals surface area (Å²) in [6, 6.07) is 0.610. The molecule has 0 amide bonds. The van der Waals surface area contributed by atoms with Gasteiger partial charge < -0.3 is 10.2 Å². The molecule has 2 rings (SSSR count). The molecule has 124 valence electrons. The van der Waals surface area contributed by atoms with Gasteiger partial charge in [0.25, 0.3) is 0 Å². The van der Waals surface area contributed by atoms with Gasteiger partial charge in [-0.05, 0) is 32.1 Å². The van der Waals surface area contributed by atoms with Gasteiger partial charge in [0.05, 0.1) is 0 Å². The number of hydrogen-bond donors (Lipinski definition) is 1. The van der Waals surface area contributed by atoms with Crippen molar-refractivity contribution in [3.05, 3.63) is 0 Å². The van der Waals surface area contributed by atoms with Gasteiger partial charge in [-0.2, -0.15) is 11.8 Å². The van der Waals surface area contributed by atoms with Crippen molar-refractivity contribution in [2.24, 2.45) is 5.41 Å². The summed E-state index contributed by atoms with van der Waals surface area (Å²) in [6.45, 7) is 14.5. The van der Waals surface area contributed by atoms with Crippen molar-refractivity contribution in [1.82, 2.24) is 10.2 Å². The summed E-state index contributed by atoms with van der Waals surface area (Å²) in [5.74, 6) is 1.31. The molecule has 0 unspecified atom stereocenters. The van der Waals surface area contributed by atoms with Gasteiger partial charge in [0.1, 0.15) is 0 Å². The lowest BCUT2D eigenvalue weighted by atomic mass is 9.79. The minimum atomic E-state index is 0.440. The molecule has 0 bridgehead atoms. The van der Waals surface area contributed by atoms with Gasteiger partial charge in [-0.1, -0.05) is 39.5 Å². The summed E-state index contributed by atoms with van der Waals surface area (Å²) in [7, 11) is 0. The first-order chi connectivity index (χ1) is 9.91. The van der Waals surface area contributed by atoms with Gasteiger partial charge in [0.15, 0.2) is 0 Å².